The Bertz CT molecular complexity index is 525. The highest BCUT2D eigenvalue weighted by atomic mass is 16.5. The molecule has 0 aromatic heterocycles. The number of nitrogens with zero attached hydrogens (tertiary/aromatic N) is 1. The summed E-state index contributed by atoms with van der Waals surface area (Å²) in [6.45, 7) is 3.47. The number of hydrogen-bond acceptors (Lipinski definition) is 4. The van der Waals surface area contributed by atoms with E-state index in [0.717, 1.165) is 25.0 Å². The summed E-state index contributed by atoms with van der Waals surface area (Å²) in [7, 11) is 1.38. The summed E-state index contributed by atoms with van der Waals surface area (Å²) >= 11 is 0. The molecule has 0 spiro atoms. The number of methoxy groups -OCH3 is 1. The van der Waals surface area contributed by atoms with Crippen LogP contribution in [-0.2, 0) is 25.5 Å². The Morgan fingerprint density at radius 3 is 2.71 bits per heavy atom. The highest BCUT2D eigenvalue weighted by Crippen LogP contribution is 2.16. The smallest absolute Gasteiger partial charge is 0.310 e. The molecule has 5 nitrogen and oxygen atoms in total. The average molecular weight is 333 g/mol. The maximum atomic E-state index is 12.7. The number of esters is 1. The van der Waals surface area contributed by atoms with E-state index in [9.17, 15) is 9.59 Å². The van der Waals surface area contributed by atoms with Gasteiger partial charge >= 0.3 is 5.97 Å². The van der Waals surface area contributed by atoms with Crippen LogP contribution in [0, 0.1) is 5.92 Å². The van der Waals surface area contributed by atoms with Gasteiger partial charge in [-0.1, -0.05) is 37.3 Å². The maximum Gasteiger partial charge on any atom is 0.310 e. The minimum Gasteiger partial charge on any atom is -0.469 e. The molecule has 1 aromatic rings. The van der Waals surface area contributed by atoms with Crippen LogP contribution >= 0.6 is 0 Å². The molecule has 0 saturated carbocycles. The van der Waals surface area contributed by atoms with E-state index in [2.05, 4.69) is 0 Å². The maximum absolute atomic E-state index is 12.7. The Morgan fingerprint density at radius 2 is 2.08 bits per heavy atom. The standard InChI is InChI=1S/C19H27NO4/c1-15(19(22)23-2)13-20(14-17-9-6-12-24-17)18(21)11-10-16-7-4-3-5-8-16/h3-5,7-8,15,17H,6,9-14H2,1-2H3. The number of ether oxygens (including phenoxy) is 2. The van der Waals surface area contributed by atoms with Crippen LogP contribution in [0.3, 0.4) is 0 Å². The molecule has 0 radical (unpaired) electrons. The van der Waals surface area contributed by atoms with Crippen LogP contribution in [0.4, 0.5) is 0 Å². The number of carbonyl (C=O) groups excluding carboxylic acids is 2. The first kappa shape index (κ1) is 18.5. The van der Waals surface area contributed by atoms with Gasteiger partial charge < -0.3 is 14.4 Å². The van der Waals surface area contributed by atoms with Gasteiger partial charge in [-0.25, -0.2) is 0 Å². The molecule has 0 aliphatic carbocycles. The van der Waals surface area contributed by atoms with Crippen molar-refractivity contribution in [3.8, 4) is 0 Å². The van der Waals surface area contributed by atoms with Crippen molar-refractivity contribution in [1.29, 1.82) is 0 Å². The number of aryl methyl sites for hydroxylation is 1. The minimum atomic E-state index is -0.336. The molecule has 1 aromatic carbocycles. The Morgan fingerprint density at radius 1 is 1.33 bits per heavy atom. The van der Waals surface area contributed by atoms with Gasteiger partial charge in [0.2, 0.25) is 5.91 Å². The topological polar surface area (TPSA) is 55.8 Å². The summed E-state index contributed by atoms with van der Waals surface area (Å²) < 4.78 is 10.4. The number of rotatable bonds is 8. The third-order valence-corrected chi connectivity index (χ3v) is 4.37. The van der Waals surface area contributed by atoms with Crippen LogP contribution in [0.2, 0.25) is 0 Å². The second-order valence-corrected chi connectivity index (χ2v) is 6.34. The van der Waals surface area contributed by atoms with Crippen LogP contribution in [0.1, 0.15) is 31.7 Å². The predicted octanol–water partition coefficient (Wildman–Crippen LogP) is 2.44. The van der Waals surface area contributed by atoms with Crippen LogP contribution in [0.5, 0.6) is 0 Å². The van der Waals surface area contributed by atoms with E-state index in [1.807, 2.05) is 30.3 Å². The van der Waals surface area contributed by atoms with E-state index >= 15 is 0 Å². The first-order valence-corrected chi connectivity index (χ1v) is 8.61. The van der Waals surface area contributed by atoms with E-state index < -0.39 is 0 Å². The Balaban J connectivity index is 1.94. The average Bonchev–Trinajstić information content (AvgIpc) is 3.12. The third kappa shape index (κ3) is 5.64. The summed E-state index contributed by atoms with van der Waals surface area (Å²) in [5.41, 5.74) is 1.14. The number of carbonyl (C=O) groups is 2. The Kier molecular flexibility index (Phi) is 7.25. The van der Waals surface area contributed by atoms with Gasteiger partial charge in [0.25, 0.3) is 0 Å². The molecule has 1 aliphatic heterocycles. The van der Waals surface area contributed by atoms with Gasteiger partial charge in [0.05, 0.1) is 19.1 Å². The fourth-order valence-corrected chi connectivity index (χ4v) is 2.97. The first-order valence-electron chi connectivity index (χ1n) is 8.61. The monoisotopic (exact) mass is 333 g/mol. The van der Waals surface area contributed by atoms with Gasteiger partial charge in [-0.15, -0.1) is 0 Å². The summed E-state index contributed by atoms with van der Waals surface area (Å²) in [6.07, 6.45) is 3.22. The Hall–Kier alpha value is -1.88. The van der Waals surface area contributed by atoms with Gasteiger partial charge in [0.1, 0.15) is 0 Å². The zero-order chi connectivity index (χ0) is 17.4. The quantitative estimate of drug-likeness (QED) is 0.686. The molecule has 1 aliphatic rings. The van der Waals surface area contributed by atoms with E-state index in [1.165, 1.54) is 7.11 Å². The highest BCUT2D eigenvalue weighted by molar-refractivity contribution is 5.78. The number of amides is 1. The molecular weight excluding hydrogens is 306 g/mol. The highest BCUT2D eigenvalue weighted by Gasteiger charge is 2.26. The van der Waals surface area contributed by atoms with Crippen molar-refractivity contribution in [2.24, 2.45) is 5.92 Å². The summed E-state index contributed by atoms with van der Waals surface area (Å²) in [5.74, 6) is -0.564. The molecule has 1 fully saturated rings. The zero-order valence-corrected chi connectivity index (χ0v) is 14.6. The van der Waals surface area contributed by atoms with Gasteiger partial charge in [0.15, 0.2) is 0 Å². The molecule has 1 saturated heterocycles. The molecule has 0 N–H and O–H groups in total. The van der Waals surface area contributed by atoms with Gasteiger partial charge in [-0.05, 0) is 24.8 Å². The van der Waals surface area contributed by atoms with E-state index in [1.54, 1.807) is 11.8 Å². The van der Waals surface area contributed by atoms with Crippen molar-refractivity contribution >= 4 is 11.9 Å². The van der Waals surface area contributed by atoms with Crippen molar-refractivity contribution < 1.29 is 19.1 Å². The van der Waals surface area contributed by atoms with E-state index in [-0.39, 0.29) is 23.9 Å². The lowest BCUT2D eigenvalue weighted by Crippen LogP contribution is -2.41. The SMILES string of the molecule is COC(=O)C(C)CN(CC1CCCO1)C(=O)CCc1ccccc1. The van der Waals surface area contributed by atoms with Crippen LogP contribution in [0.15, 0.2) is 30.3 Å². The van der Waals surface area contributed by atoms with Crippen molar-refractivity contribution in [2.45, 2.75) is 38.7 Å². The molecule has 2 atom stereocenters. The molecule has 2 unspecified atom stereocenters. The zero-order valence-electron chi connectivity index (χ0n) is 14.6. The molecule has 1 amide bonds. The van der Waals surface area contributed by atoms with Crippen LogP contribution < -0.4 is 0 Å². The molecule has 5 heteroatoms. The lowest BCUT2D eigenvalue weighted by Gasteiger charge is -2.27. The lowest BCUT2D eigenvalue weighted by atomic mass is 10.1. The molecule has 2 rings (SSSR count). The molecule has 24 heavy (non-hydrogen) atoms. The molecule has 0 bridgehead atoms. The van der Waals surface area contributed by atoms with Gasteiger partial charge in [-0.2, -0.15) is 0 Å². The van der Waals surface area contributed by atoms with Crippen LogP contribution in [-0.4, -0.2) is 49.7 Å². The van der Waals surface area contributed by atoms with Crippen LogP contribution in [0.25, 0.3) is 0 Å². The number of hydrogen-bond donors (Lipinski definition) is 0. The van der Waals surface area contributed by atoms with Crippen molar-refractivity contribution in [3.63, 3.8) is 0 Å². The van der Waals surface area contributed by atoms with Gasteiger partial charge in [0, 0.05) is 26.1 Å². The second kappa shape index (κ2) is 9.42. The molecular formula is C19H27NO4. The summed E-state index contributed by atoms with van der Waals surface area (Å²) in [5, 5.41) is 0. The normalized spacial score (nSPS) is 18.2. The van der Waals surface area contributed by atoms with Gasteiger partial charge in [-0.3, -0.25) is 9.59 Å². The lowest BCUT2D eigenvalue weighted by molar-refractivity contribution is -0.146. The largest absolute Gasteiger partial charge is 0.469 e. The van der Waals surface area contributed by atoms with Crippen molar-refractivity contribution in [3.05, 3.63) is 35.9 Å². The van der Waals surface area contributed by atoms with Crippen molar-refractivity contribution in [2.75, 3.05) is 26.8 Å². The Labute approximate surface area is 143 Å². The summed E-state index contributed by atoms with van der Waals surface area (Å²) in [6, 6.07) is 9.96. The van der Waals surface area contributed by atoms with E-state index in [0.29, 0.717) is 25.9 Å². The fraction of sp³-hybridized carbons (Fsp3) is 0.579. The third-order valence-electron chi connectivity index (χ3n) is 4.37. The second-order valence-electron chi connectivity index (χ2n) is 6.34. The first-order chi connectivity index (χ1) is 11.6. The minimum absolute atomic E-state index is 0.0603. The fourth-order valence-electron chi connectivity index (χ4n) is 2.97. The predicted molar refractivity (Wildman–Crippen MR) is 91.5 cm³/mol. The summed E-state index contributed by atoms with van der Waals surface area (Å²) in [4.78, 5) is 26.1. The molecule has 1 heterocycles. The number of benzene rings is 1. The van der Waals surface area contributed by atoms with Crippen molar-refractivity contribution in [1.82, 2.24) is 4.90 Å². The van der Waals surface area contributed by atoms with E-state index in [4.69, 9.17) is 9.47 Å². The molecule has 132 valence electrons.